The zero-order valence-electron chi connectivity index (χ0n) is 24.4. The van der Waals surface area contributed by atoms with Crippen LogP contribution in [-0.2, 0) is 31.8 Å². The van der Waals surface area contributed by atoms with E-state index in [2.05, 4.69) is 25.6 Å². The maximum absolute atomic E-state index is 15.6. The van der Waals surface area contributed by atoms with Crippen molar-refractivity contribution in [1.82, 2.24) is 28.4 Å². The second kappa shape index (κ2) is 14.1. The molecule has 45 heavy (non-hydrogen) atoms. The fourth-order valence-corrected chi connectivity index (χ4v) is 8.55. The number of halogens is 5. The number of amides is 2. The molecular formula is C30H32F4IN6O4-. The van der Waals surface area contributed by atoms with Gasteiger partial charge in [0.1, 0.15) is 6.54 Å². The van der Waals surface area contributed by atoms with Crippen LogP contribution in [0.5, 0.6) is 0 Å². The van der Waals surface area contributed by atoms with Gasteiger partial charge in [0.05, 0.1) is 7.11 Å². The van der Waals surface area contributed by atoms with Crippen molar-refractivity contribution in [3.8, 4) is 11.1 Å². The number of ether oxygens (including phenoxy) is 1. The van der Waals surface area contributed by atoms with Gasteiger partial charge in [-0.15, -0.1) is 0 Å². The predicted octanol–water partition coefficient (Wildman–Crippen LogP) is 1.58. The number of benzene rings is 2. The Kier molecular flexibility index (Phi) is 10.2. The number of methoxy groups -OCH3 is 1. The summed E-state index contributed by atoms with van der Waals surface area (Å²) in [6.07, 6.45) is 4.91. The molecule has 0 bridgehead atoms. The predicted molar refractivity (Wildman–Crippen MR) is 153 cm³/mol. The van der Waals surface area contributed by atoms with Gasteiger partial charge >= 0.3 is 228 Å². The normalized spacial score (nSPS) is 14.8. The molecule has 0 radical (unpaired) electrons. The Morgan fingerprint density at radius 3 is 2.40 bits per heavy atom. The van der Waals surface area contributed by atoms with Crippen molar-refractivity contribution in [2.75, 3.05) is 20.2 Å². The molecule has 242 valence electrons. The molecule has 1 fully saturated rings. The number of nitrogens with one attached hydrogen (secondary N) is 2. The number of aromatic nitrogens is 4. The van der Waals surface area contributed by atoms with Crippen molar-refractivity contribution in [2.45, 2.75) is 61.6 Å². The molecule has 1 aliphatic rings. The van der Waals surface area contributed by atoms with E-state index in [1.807, 2.05) is 2.90 Å². The molecule has 2 aromatic heterocycles. The van der Waals surface area contributed by atoms with Crippen molar-refractivity contribution in [1.29, 1.82) is 0 Å². The quantitative estimate of drug-likeness (QED) is 0.116. The van der Waals surface area contributed by atoms with Gasteiger partial charge < -0.3 is 10.1 Å². The van der Waals surface area contributed by atoms with Crippen LogP contribution in [0.1, 0.15) is 50.6 Å². The van der Waals surface area contributed by atoms with Crippen LogP contribution in [0.2, 0.25) is 0 Å². The Labute approximate surface area is 266 Å². The molecule has 0 unspecified atom stereocenters. The zero-order valence-corrected chi connectivity index (χ0v) is 26.6. The third-order valence-corrected chi connectivity index (χ3v) is 10.9. The first-order valence-electron chi connectivity index (χ1n) is 14.5. The summed E-state index contributed by atoms with van der Waals surface area (Å²) in [6.45, 7) is -1.56. The summed E-state index contributed by atoms with van der Waals surface area (Å²) in [6, 6.07) is 7.12. The van der Waals surface area contributed by atoms with E-state index < -0.39 is 76.6 Å². The number of nitrogens with zero attached hydrogens (tertiary/aromatic N) is 4. The van der Waals surface area contributed by atoms with Crippen LogP contribution in [0.4, 0.5) is 17.6 Å². The Hall–Kier alpha value is -3.76. The van der Waals surface area contributed by atoms with Gasteiger partial charge in [0.25, 0.3) is 0 Å². The van der Waals surface area contributed by atoms with Gasteiger partial charge in [-0.25, -0.2) is 0 Å². The van der Waals surface area contributed by atoms with Crippen molar-refractivity contribution < 1.29 is 58.2 Å². The summed E-state index contributed by atoms with van der Waals surface area (Å²) in [5, 5.41) is 13.0. The molecule has 10 nitrogen and oxygen atoms in total. The van der Waals surface area contributed by atoms with E-state index in [0.29, 0.717) is 14.8 Å². The monoisotopic (exact) mass is 743 g/mol. The van der Waals surface area contributed by atoms with E-state index in [0.717, 1.165) is 37.5 Å². The summed E-state index contributed by atoms with van der Waals surface area (Å²) < 4.78 is 66.3. The first-order valence-corrected chi connectivity index (χ1v) is 16.7. The molecule has 0 aliphatic heterocycles. The molecule has 1 saturated carbocycles. The van der Waals surface area contributed by atoms with Crippen molar-refractivity contribution in [2.24, 2.45) is 0 Å². The molecule has 1 aliphatic carbocycles. The van der Waals surface area contributed by atoms with Crippen LogP contribution in [0, 0.1) is 5.82 Å². The summed E-state index contributed by atoms with van der Waals surface area (Å²) >= 11 is -0.573. The van der Waals surface area contributed by atoms with E-state index in [1.54, 1.807) is 12.3 Å². The van der Waals surface area contributed by atoms with Crippen molar-refractivity contribution in [3.63, 3.8) is 0 Å². The number of alkyl halides is 4. The Morgan fingerprint density at radius 1 is 0.978 bits per heavy atom. The molecule has 4 aromatic rings. The Bertz CT molecular complexity index is 1710. The second-order valence-corrected chi connectivity index (χ2v) is 14.0. The van der Waals surface area contributed by atoms with Gasteiger partial charge in [-0.2, -0.15) is 0 Å². The maximum atomic E-state index is 15.6. The summed E-state index contributed by atoms with van der Waals surface area (Å²) in [4.78, 5) is 35.7. The zero-order chi connectivity index (χ0) is 32.1. The SMILES string of the molecule is COC(=O)CNC(=O)CNC(=O)Cn1nc(C(F)(F)F)c2c(-c3cc4c(cnn4[I-]C4CCCCCCC4)cc3F)cccc21. The van der Waals surface area contributed by atoms with Crippen LogP contribution >= 0.6 is 0 Å². The molecule has 2 aromatic carbocycles. The average Bonchev–Trinajstić information content (AvgIpc) is 3.56. The van der Waals surface area contributed by atoms with Gasteiger partial charge in [0, 0.05) is 0 Å². The van der Waals surface area contributed by atoms with Gasteiger partial charge in [-0.05, 0) is 0 Å². The van der Waals surface area contributed by atoms with Crippen LogP contribution in [-0.4, -0.2) is 59.7 Å². The number of rotatable bonds is 9. The van der Waals surface area contributed by atoms with E-state index in [4.69, 9.17) is 0 Å². The van der Waals surface area contributed by atoms with E-state index in [9.17, 15) is 27.6 Å². The topological polar surface area (TPSA) is 120 Å². The van der Waals surface area contributed by atoms with Crippen molar-refractivity contribution >= 4 is 39.6 Å². The van der Waals surface area contributed by atoms with Gasteiger partial charge in [0.15, 0.2) is 0 Å². The Morgan fingerprint density at radius 2 is 1.69 bits per heavy atom. The number of hydrogen-bond donors (Lipinski definition) is 2. The third-order valence-electron chi connectivity index (χ3n) is 7.61. The molecule has 5 rings (SSSR count). The summed E-state index contributed by atoms with van der Waals surface area (Å²) in [5.74, 6) is -2.87. The first-order chi connectivity index (χ1) is 21.5. The molecule has 2 N–H and O–H groups in total. The fourth-order valence-electron chi connectivity index (χ4n) is 5.38. The van der Waals surface area contributed by atoms with Gasteiger partial charge in [-0.1, -0.05) is 0 Å². The summed E-state index contributed by atoms with van der Waals surface area (Å²) in [7, 11) is 1.15. The molecule has 0 saturated heterocycles. The van der Waals surface area contributed by atoms with Crippen LogP contribution in [0.25, 0.3) is 32.9 Å². The minimum absolute atomic E-state index is 0.00928. The van der Waals surface area contributed by atoms with Crippen LogP contribution < -0.4 is 32.1 Å². The van der Waals surface area contributed by atoms with Gasteiger partial charge in [-0.3, -0.25) is 9.59 Å². The molecule has 0 spiro atoms. The fraction of sp³-hybridized carbons (Fsp3) is 0.433. The molecule has 15 heteroatoms. The average molecular weight is 744 g/mol. The standard InChI is InChI=1S/C30H32F4IN6O4/c1-45-27(44)16-37-25(42)15-36-26(43)17-40-23-11-7-10-20(28(23)29(39-40)30(32,33)34)21-13-24-18(12-22(21)31)14-38-41(24)35-19-8-5-3-2-4-6-9-19/h7,10-14,19H,2-6,8-9,15-17H2,1H3,(H,36,43)(H,37,42)/q-1. The number of hydrogen-bond acceptors (Lipinski definition) is 6. The summed E-state index contributed by atoms with van der Waals surface area (Å²) in [5.41, 5.74) is -0.644. The first kappa shape index (κ1) is 32.6. The van der Waals surface area contributed by atoms with E-state index in [1.165, 1.54) is 43.5 Å². The third kappa shape index (κ3) is 7.73. The van der Waals surface area contributed by atoms with Crippen LogP contribution in [0.15, 0.2) is 36.5 Å². The molecular weight excluding hydrogens is 711 g/mol. The molecule has 2 amide bonds. The van der Waals surface area contributed by atoms with Gasteiger partial charge in [0.2, 0.25) is 5.91 Å². The molecule has 0 atom stereocenters. The second-order valence-electron chi connectivity index (χ2n) is 10.8. The number of carbonyl (C=O) groups is 3. The van der Waals surface area contributed by atoms with E-state index >= 15 is 4.39 Å². The number of esters is 1. The number of fused-ring (bicyclic) bond motifs is 2. The number of carbonyl (C=O) groups excluding carboxylic acids is 3. The van der Waals surface area contributed by atoms with Crippen LogP contribution in [0.3, 0.4) is 0 Å². The Balaban J connectivity index is 1.46. The minimum atomic E-state index is -4.91. The van der Waals surface area contributed by atoms with Crippen molar-refractivity contribution in [3.05, 3.63) is 48.0 Å². The van der Waals surface area contributed by atoms with E-state index in [-0.39, 0.29) is 22.0 Å². The molecule has 2 heterocycles.